The van der Waals surface area contributed by atoms with Crippen LogP contribution >= 0.6 is 0 Å². The molecular formula is C13H21FN2O3. The first-order chi connectivity index (χ1) is 9.14. The lowest BCUT2D eigenvalue weighted by molar-refractivity contribution is -0.107. The molecule has 0 aliphatic carbocycles. The summed E-state index contributed by atoms with van der Waals surface area (Å²) in [5.41, 5.74) is 6.44. The third kappa shape index (κ3) is 4.66. The van der Waals surface area contributed by atoms with Crippen molar-refractivity contribution in [3.63, 3.8) is 0 Å². The zero-order valence-electron chi connectivity index (χ0n) is 11.5. The fourth-order valence-corrected chi connectivity index (χ4v) is 1.72. The lowest BCUT2D eigenvalue weighted by Gasteiger charge is -2.22. The van der Waals surface area contributed by atoms with Crippen molar-refractivity contribution >= 4 is 5.69 Å². The second kappa shape index (κ2) is 7.93. The fourth-order valence-electron chi connectivity index (χ4n) is 1.72. The van der Waals surface area contributed by atoms with Crippen LogP contribution in [0.3, 0.4) is 0 Å². The van der Waals surface area contributed by atoms with Crippen LogP contribution in [0.15, 0.2) is 18.2 Å². The van der Waals surface area contributed by atoms with Gasteiger partial charge in [0.25, 0.3) is 0 Å². The van der Waals surface area contributed by atoms with E-state index in [9.17, 15) is 4.39 Å². The van der Waals surface area contributed by atoms with Crippen molar-refractivity contribution in [2.75, 3.05) is 33.2 Å². The van der Waals surface area contributed by atoms with Crippen molar-refractivity contribution in [1.29, 1.82) is 0 Å². The van der Waals surface area contributed by atoms with Crippen LogP contribution in [-0.4, -0.2) is 40.2 Å². The summed E-state index contributed by atoms with van der Waals surface area (Å²) in [6.45, 7) is 0.406. The van der Waals surface area contributed by atoms with Gasteiger partial charge in [0, 0.05) is 45.0 Å². The molecule has 0 radical (unpaired) electrons. The second-order valence-corrected chi connectivity index (χ2v) is 4.06. The molecule has 0 spiro atoms. The summed E-state index contributed by atoms with van der Waals surface area (Å²) in [6.07, 6.45) is 0.256. The monoisotopic (exact) mass is 272 g/mol. The first-order valence-electron chi connectivity index (χ1n) is 6.00. The van der Waals surface area contributed by atoms with Crippen LogP contribution in [0.25, 0.3) is 0 Å². The molecule has 1 aromatic rings. The van der Waals surface area contributed by atoms with Gasteiger partial charge in [-0.15, -0.1) is 0 Å². The van der Waals surface area contributed by atoms with Crippen LogP contribution in [0.5, 0.6) is 5.75 Å². The van der Waals surface area contributed by atoms with Crippen molar-refractivity contribution in [3.05, 3.63) is 24.0 Å². The van der Waals surface area contributed by atoms with E-state index in [1.54, 1.807) is 26.4 Å². The van der Waals surface area contributed by atoms with Gasteiger partial charge in [-0.1, -0.05) is 0 Å². The zero-order chi connectivity index (χ0) is 14.3. The number of nitrogens with one attached hydrogen (secondary N) is 1. The predicted molar refractivity (Wildman–Crippen MR) is 71.8 cm³/mol. The molecule has 0 aliphatic heterocycles. The van der Waals surface area contributed by atoms with E-state index in [1.165, 1.54) is 13.2 Å². The molecule has 5 nitrogen and oxygen atoms in total. The smallest absolute Gasteiger partial charge is 0.165 e. The van der Waals surface area contributed by atoms with Crippen LogP contribution in [0.1, 0.15) is 6.42 Å². The minimum atomic E-state index is -0.399. The van der Waals surface area contributed by atoms with Gasteiger partial charge < -0.3 is 25.3 Å². The molecule has 0 bridgehead atoms. The topological polar surface area (TPSA) is 65.7 Å². The van der Waals surface area contributed by atoms with Gasteiger partial charge in [0.2, 0.25) is 0 Å². The van der Waals surface area contributed by atoms with Gasteiger partial charge in [-0.2, -0.15) is 0 Å². The molecule has 108 valence electrons. The molecule has 1 unspecified atom stereocenters. The highest BCUT2D eigenvalue weighted by Gasteiger charge is 2.15. The summed E-state index contributed by atoms with van der Waals surface area (Å²) in [6, 6.07) is 4.53. The Hall–Kier alpha value is -1.37. The second-order valence-electron chi connectivity index (χ2n) is 4.06. The molecule has 0 aromatic heterocycles. The molecule has 3 N–H and O–H groups in total. The number of rotatable bonds is 8. The summed E-state index contributed by atoms with van der Waals surface area (Å²) in [4.78, 5) is 0. The Morgan fingerprint density at radius 3 is 2.47 bits per heavy atom. The summed E-state index contributed by atoms with van der Waals surface area (Å²) >= 11 is 0. The van der Waals surface area contributed by atoms with Gasteiger partial charge in [-0.25, -0.2) is 4.39 Å². The van der Waals surface area contributed by atoms with Gasteiger partial charge in [0.05, 0.1) is 7.11 Å². The average molecular weight is 272 g/mol. The summed E-state index contributed by atoms with van der Waals surface area (Å²) < 4.78 is 28.5. The number of methoxy groups -OCH3 is 3. The molecule has 0 fully saturated rings. The number of ether oxygens (including phenoxy) is 3. The van der Waals surface area contributed by atoms with E-state index < -0.39 is 5.82 Å². The molecule has 0 saturated heterocycles. The van der Waals surface area contributed by atoms with Gasteiger partial charge in [0.15, 0.2) is 17.9 Å². The highest BCUT2D eigenvalue weighted by atomic mass is 19.1. The van der Waals surface area contributed by atoms with Crippen molar-refractivity contribution in [2.24, 2.45) is 5.73 Å². The summed E-state index contributed by atoms with van der Waals surface area (Å²) in [7, 11) is 4.57. The summed E-state index contributed by atoms with van der Waals surface area (Å²) in [5.74, 6) is -0.209. The maximum Gasteiger partial charge on any atom is 0.165 e. The van der Waals surface area contributed by atoms with Crippen LogP contribution in [0, 0.1) is 5.82 Å². The zero-order valence-corrected chi connectivity index (χ0v) is 11.5. The Morgan fingerprint density at radius 1 is 1.26 bits per heavy atom. The molecule has 1 aromatic carbocycles. The minimum Gasteiger partial charge on any atom is -0.494 e. The van der Waals surface area contributed by atoms with Crippen LogP contribution in [0.2, 0.25) is 0 Å². The molecular weight excluding hydrogens is 251 g/mol. The minimum absolute atomic E-state index is 0.0416. The number of hydrogen-bond donors (Lipinski definition) is 2. The van der Waals surface area contributed by atoms with E-state index in [2.05, 4.69) is 5.32 Å². The first-order valence-corrected chi connectivity index (χ1v) is 6.00. The lowest BCUT2D eigenvalue weighted by Crippen LogP contribution is -2.34. The highest BCUT2D eigenvalue weighted by molar-refractivity contribution is 5.49. The van der Waals surface area contributed by atoms with E-state index >= 15 is 0 Å². The summed E-state index contributed by atoms with van der Waals surface area (Å²) in [5, 5.41) is 3.20. The average Bonchev–Trinajstić information content (AvgIpc) is 2.45. The third-order valence-electron chi connectivity index (χ3n) is 2.81. The Labute approximate surface area is 112 Å². The van der Waals surface area contributed by atoms with E-state index in [1.807, 2.05) is 0 Å². The van der Waals surface area contributed by atoms with E-state index in [-0.39, 0.29) is 18.1 Å². The van der Waals surface area contributed by atoms with E-state index in [0.29, 0.717) is 13.0 Å². The lowest BCUT2D eigenvalue weighted by atomic mass is 10.2. The third-order valence-corrected chi connectivity index (χ3v) is 2.81. The fraction of sp³-hybridized carbons (Fsp3) is 0.538. The number of nitrogens with two attached hydrogens (primary N) is 1. The Morgan fingerprint density at radius 2 is 1.95 bits per heavy atom. The maximum atomic E-state index is 13.3. The molecule has 1 atom stereocenters. The van der Waals surface area contributed by atoms with Crippen molar-refractivity contribution in [3.8, 4) is 5.75 Å². The molecule has 19 heavy (non-hydrogen) atoms. The predicted octanol–water partition coefficient (Wildman–Crippen LogP) is 1.58. The quantitative estimate of drug-likeness (QED) is 0.703. The van der Waals surface area contributed by atoms with Gasteiger partial charge >= 0.3 is 0 Å². The van der Waals surface area contributed by atoms with Crippen LogP contribution < -0.4 is 15.8 Å². The normalized spacial score (nSPS) is 12.5. The number of halogens is 1. The Bertz CT molecular complexity index is 386. The molecule has 6 heteroatoms. The van der Waals surface area contributed by atoms with Crippen LogP contribution in [-0.2, 0) is 9.47 Å². The Balaban J connectivity index is 2.69. The first kappa shape index (κ1) is 15.7. The molecule has 0 saturated carbocycles. The van der Waals surface area contributed by atoms with Gasteiger partial charge in [-0.05, 0) is 12.1 Å². The van der Waals surface area contributed by atoms with Crippen molar-refractivity contribution in [2.45, 2.75) is 18.8 Å². The molecule has 0 amide bonds. The van der Waals surface area contributed by atoms with Crippen molar-refractivity contribution in [1.82, 2.24) is 0 Å². The van der Waals surface area contributed by atoms with E-state index in [0.717, 1.165) is 5.69 Å². The standard InChI is InChI=1S/C13H21FN2O3/c1-17-12-6-9(4-5-11(12)14)16-10(8-15)7-13(18-2)19-3/h4-6,10,13,16H,7-8,15H2,1-3H3. The van der Waals surface area contributed by atoms with E-state index in [4.69, 9.17) is 19.9 Å². The number of hydrogen-bond acceptors (Lipinski definition) is 5. The van der Waals surface area contributed by atoms with Gasteiger partial charge in [0.1, 0.15) is 0 Å². The number of benzene rings is 1. The largest absolute Gasteiger partial charge is 0.494 e. The maximum absolute atomic E-state index is 13.3. The molecule has 1 rings (SSSR count). The molecule has 0 heterocycles. The molecule has 0 aliphatic rings. The van der Waals surface area contributed by atoms with Gasteiger partial charge in [-0.3, -0.25) is 0 Å². The number of anilines is 1. The van der Waals surface area contributed by atoms with Crippen molar-refractivity contribution < 1.29 is 18.6 Å². The Kier molecular flexibility index (Phi) is 6.55. The SMILES string of the molecule is COc1cc(NC(CN)CC(OC)OC)ccc1F. The highest BCUT2D eigenvalue weighted by Crippen LogP contribution is 2.22. The van der Waals surface area contributed by atoms with Crippen LogP contribution in [0.4, 0.5) is 10.1 Å².